The minimum absolute atomic E-state index is 0.561. The average molecular weight is 234 g/mol. The molecular formula is C14H22N2O. The van der Waals surface area contributed by atoms with Crippen LogP contribution in [0, 0.1) is 0 Å². The number of benzene rings is 1. The van der Waals surface area contributed by atoms with Crippen molar-refractivity contribution in [2.75, 3.05) is 26.2 Å². The molecule has 0 saturated heterocycles. The van der Waals surface area contributed by atoms with Gasteiger partial charge in [0.2, 0.25) is 0 Å². The molecule has 3 heteroatoms. The number of nitrogens with zero attached hydrogens (tertiary/aromatic N) is 1. The topological polar surface area (TPSA) is 24.5 Å². The van der Waals surface area contributed by atoms with Gasteiger partial charge >= 0.3 is 0 Å². The normalized spacial score (nSPS) is 16.4. The van der Waals surface area contributed by atoms with E-state index < -0.39 is 0 Å². The van der Waals surface area contributed by atoms with Crippen LogP contribution in [0.4, 0.5) is 0 Å². The Balaban J connectivity index is 1.89. The molecule has 1 aliphatic rings. The van der Waals surface area contributed by atoms with E-state index in [1.165, 1.54) is 5.56 Å². The molecule has 0 aliphatic carbocycles. The summed E-state index contributed by atoms with van der Waals surface area (Å²) in [6, 6.07) is 8.90. The second-order valence-corrected chi connectivity index (χ2v) is 4.84. The van der Waals surface area contributed by atoms with Gasteiger partial charge in [-0.1, -0.05) is 32.0 Å². The molecule has 1 heterocycles. The summed E-state index contributed by atoms with van der Waals surface area (Å²) in [5.41, 5.74) is 1.30. The van der Waals surface area contributed by atoms with Crippen molar-refractivity contribution >= 4 is 0 Å². The highest BCUT2D eigenvalue weighted by atomic mass is 16.5. The predicted octanol–water partition coefficient (Wildman–Crippen LogP) is 1.88. The first-order valence-corrected chi connectivity index (χ1v) is 6.42. The summed E-state index contributed by atoms with van der Waals surface area (Å²) in [6.07, 6.45) is 0. The van der Waals surface area contributed by atoms with Crippen molar-refractivity contribution in [1.29, 1.82) is 0 Å². The largest absolute Gasteiger partial charge is 0.492 e. The lowest BCUT2D eigenvalue weighted by atomic mass is 10.2. The molecule has 0 spiro atoms. The molecule has 1 aliphatic heterocycles. The van der Waals surface area contributed by atoms with E-state index in [9.17, 15) is 0 Å². The van der Waals surface area contributed by atoms with Crippen molar-refractivity contribution in [3.8, 4) is 5.75 Å². The highest BCUT2D eigenvalue weighted by Crippen LogP contribution is 2.21. The first-order valence-electron chi connectivity index (χ1n) is 6.42. The first-order chi connectivity index (χ1) is 8.25. The van der Waals surface area contributed by atoms with Crippen LogP contribution in [0.3, 0.4) is 0 Å². The average Bonchev–Trinajstić information content (AvgIpc) is 2.50. The molecule has 0 bridgehead atoms. The van der Waals surface area contributed by atoms with Gasteiger partial charge in [-0.3, -0.25) is 4.90 Å². The number of para-hydroxylation sites is 1. The number of fused-ring (bicyclic) bond motifs is 1. The molecule has 0 aromatic heterocycles. The molecule has 2 rings (SSSR count). The smallest absolute Gasteiger partial charge is 0.123 e. The molecule has 3 nitrogen and oxygen atoms in total. The van der Waals surface area contributed by atoms with Crippen molar-refractivity contribution in [2.45, 2.75) is 26.4 Å². The third kappa shape index (κ3) is 3.72. The molecule has 0 unspecified atom stereocenters. The highest BCUT2D eigenvalue weighted by molar-refractivity contribution is 5.33. The van der Waals surface area contributed by atoms with Crippen LogP contribution < -0.4 is 10.1 Å². The Morgan fingerprint density at radius 3 is 3.00 bits per heavy atom. The van der Waals surface area contributed by atoms with Crippen molar-refractivity contribution < 1.29 is 4.74 Å². The highest BCUT2D eigenvalue weighted by Gasteiger charge is 2.14. The fourth-order valence-corrected chi connectivity index (χ4v) is 2.08. The van der Waals surface area contributed by atoms with Gasteiger partial charge in [0.05, 0.1) is 0 Å². The molecule has 1 aromatic rings. The Hall–Kier alpha value is -1.06. The van der Waals surface area contributed by atoms with Crippen molar-refractivity contribution in [3.63, 3.8) is 0 Å². The Morgan fingerprint density at radius 1 is 1.35 bits per heavy atom. The molecule has 0 atom stereocenters. The molecule has 1 N–H and O–H groups in total. The maximum atomic E-state index is 5.74. The zero-order valence-corrected chi connectivity index (χ0v) is 10.8. The molecule has 0 saturated carbocycles. The Kier molecular flexibility index (Phi) is 4.40. The zero-order chi connectivity index (χ0) is 12.1. The zero-order valence-electron chi connectivity index (χ0n) is 10.8. The van der Waals surface area contributed by atoms with Crippen molar-refractivity contribution in [3.05, 3.63) is 29.8 Å². The third-order valence-electron chi connectivity index (χ3n) is 3.01. The molecular weight excluding hydrogens is 212 g/mol. The number of rotatable bonds is 4. The second kappa shape index (κ2) is 6.03. The quantitative estimate of drug-likeness (QED) is 0.861. The SMILES string of the molecule is CC(C)NCCN1CCOc2ccccc2C1. The lowest BCUT2D eigenvalue weighted by Gasteiger charge is -2.20. The molecule has 0 amide bonds. The maximum absolute atomic E-state index is 5.74. The minimum atomic E-state index is 0.561. The summed E-state index contributed by atoms with van der Waals surface area (Å²) in [7, 11) is 0. The first kappa shape index (κ1) is 12.4. The molecule has 17 heavy (non-hydrogen) atoms. The predicted molar refractivity (Wildman–Crippen MR) is 70.4 cm³/mol. The van der Waals surface area contributed by atoms with E-state index in [4.69, 9.17) is 4.74 Å². The van der Waals surface area contributed by atoms with Crippen molar-refractivity contribution in [2.24, 2.45) is 0 Å². The summed E-state index contributed by atoms with van der Waals surface area (Å²) in [6.45, 7) is 9.28. The lowest BCUT2D eigenvalue weighted by Crippen LogP contribution is -2.35. The standard InChI is InChI=1S/C14H22N2O/c1-12(2)15-7-8-16-9-10-17-14-6-4-3-5-13(14)11-16/h3-6,12,15H,7-11H2,1-2H3. The van der Waals surface area contributed by atoms with E-state index in [-0.39, 0.29) is 0 Å². The summed E-state index contributed by atoms with van der Waals surface area (Å²) >= 11 is 0. The van der Waals surface area contributed by atoms with Crippen LogP contribution in [0.2, 0.25) is 0 Å². The monoisotopic (exact) mass is 234 g/mol. The summed E-state index contributed by atoms with van der Waals surface area (Å²) in [4.78, 5) is 2.45. The van der Waals surface area contributed by atoms with Crippen LogP contribution in [-0.2, 0) is 6.54 Å². The molecule has 0 radical (unpaired) electrons. The van der Waals surface area contributed by atoms with Crippen LogP contribution in [0.15, 0.2) is 24.3 Å². The van der Waals surface area contributed by atoms with Gasteiger partial charge in [0.15, 0.2) is 0 Å². The molecule has 0 fully saturated rings. The van der Waals surface area contributed by atoms with Gasteiger partial charge in [0, 0.05) is 37.8 Å². The van der Waals surface area contributed by atoms with Crippen LogP contribution in [0.5, 0.6) is 5.75 Å². The molecule has 94 valence electrons. The van der Waals surface area contributed by atoms with Gasteiger partial charge in [-0.05, 0) is 6.07 Å². The van der Waals surface area contributed by atoms with Crippen LogP contribution in [0.1, 0.15) is 19.4 Å². The van der Waals surface area contributed by atoms with Crippen LogP contribution >= 0.6 is 0 Å². The van der Waals surface area contributed by atoms with Gasteiger partial charge in [-0.15, -0.1) is 0 Å². The van der Waals surface area contributed by atoms with E-state index in [1.54, 1.807) is 0 Å². The Labute approximate surface area is 104 Å². The number of nitrogens with one attached hydrogen (secondary N) is 1. The van der Waals surface area contributed by atoms with Gasteiger partial charge < -0.3 is 10.1 Å². The van der Waals surface area contributed by atoms with E-state index in [0.29, 0.717) is 6.04 Å². The summed E-state index contributed by atoms with van der Waals surface area (Å²) in [5, 5.41) is 3.45. The Morgan fingerprint density at radius 2 is 2.18 bits per heavy atom. The number of hydrogen-bond acceptors (Lipinski definition) is 3. The Bertz CT molecular complexity index is 352. The van der Waals surface area contributed by atoms with Gasteiger partial charge in [-0.25, -0.2) is 0 Å². The second-order valence-electron chi connectivity index (χ2n) is 4.84. The summed E-state index contributed by atoms with van der Waals surface area (Å²) in [5.74, 6) is 1.05. The van der Waals surface area contributed by atoms with E-state index in [2.05, 4.69) is 42.3 Å². The fourth-order valence-electron chi connectivity index (χ4n) is 2.08. The number of ether oxygens (including phenoxy) is 1. The lowest BCUT2D eigenvalue weighted by molar-refractivity contribution is 0.225. The van der Waals surface area contributed by atoms with Crippen molar-refractivity contribution in [1.82, 2.24) is 10.2 Å². The number of hydrogen-bond donors (Lipinski definition) is 1. The summed E-state index contributed by atoms with van der Waals surface area (Å²) < 4.78 is 5.74. The van der Waals surface area contributed by atoms with E-state index >= 15 is 0 Å². The van der Waals surface area contributed by atoms with E-state index in [0.717, 1.165) is 38.5 Å². The van der Waals surface area contributed by atoms with Gasteiger partial charge in [0.25, 0.3) is 0 Å². The molecule has 1 aromatic carbocycles. The van der Waals surface area contributed by atoms with Gasteiger partial charge in [-0.2, -0.15) is 0 Å². The van der Waals surface area contributed by atoms with Crippen LogP contribution in [-0.4, -0.2) is 37.2 Å². The third-order valence-corrected chi connectivity index (χ3v) is 3.01. The van der Waals surface area contributed by atoms with Gasteiger partial charge in [0.1, 0.15) is 12.4 Å². The maximum Gasteiger partial charge on any atom is 0.123 e. The van der Waals surface area contributed by atoms with Crippen LogP contribution in [0.25, 0.3) is 0 Å². The minimum Gasteiger partial charge on any atom is -0.492 e. The van der Waals surface area contributed by atoms with E-state index in [1.807, 2.05) is 6.07 Å². The fraction of sp³-hybridized carbons (Fsp3) is 0.571.